The van der Waals surface area contributed by atoms with Gasteiger partial charge in [0.15, 0.2) is 0 Å². The van der Waals surface area contributed by atoms with Crippen LogP contribution in [0.25, 0.3) is 0 Å². The van der Waals surface area contributed by atoms with Crippen molar-refractivity contribution in [3.63, 3.8) is 0 Å². The molecule has 0 bridgehead atoms. The van der Waals surface area contributed by atoms with E-state index in [4.69, 9.17) is 0 Å². The van der Waals surface area contributed by atoms with Crippen molar-refractivity contribution in [3.8, 4) is 0 Å². The number of aliphatic hydroxyl groups excluding tert-OH is 2. The van der Waals surface area contributed by atoms with Gasteiger partial charge in [-0.3, -0.25) is 4.79 Å². The monoisotopic (exact) mass is 335 g/mol. The molecule has 3 N–H and O–H groups in total. The Labute approximate surface area is 146 Å². The number of aliphatic hydroxyl groups is 2. The van der Waals surface area contributed by atoms with Gasteiger partial charge in [0.05, 0.1) is 6.61 Å². The highest BCUT2D eigenvalue weighted by Crippen LogP contribution is 2.31. The Morgan fingerprint density at radius 2 is 1.88 bits per heavy atom. The zero-order chi connectivity index (χ0) is 17.9. The van der Waals surface area contributed by atoms with Gasteiger partial charge in [-0.15, -0.1) is 0 Å². The lowest BCUT2D eigenvalue weighted by Gasteiger charge is -2.25. The van der Waals surface area contributed by atoms with Crippen molar-refractivity contribution in [2.45, 2.75) is 71.4 Å². The Morgan fingerprint density at radius 1 is 1.17 bits per heavy atom. The van der Waals surface area contributed by atoms with Gasteiger partial charge in [0, 0.05) is 12.8 Å². The average Bonchev–Trinajstić information content (AvgIpc) is 2.56. The minimum Gasteiger partial charge on any atom is -0.396 e. The number of hydrogen-bond acceptors (Lipinski definition) is 3. The summed E-state index contributed by atoms with van der Waals surface area (Å²) >= 11 is 0. The van der Waals surface area contributed by atoms with Gasteiger partial charge >= 0.3 is 0 Å². The van der Waals surface area contributed by atoms with Crippen molar-refractivity contribution in [3.05, 3.63) is 35.4 Å². The topological polar surface area (TPSA) is 69.6 Å². The van der Waals surface area contributed by atoms with Gasteiger partial charge in [-0.25, -0.2) is 0 Å². The highest BCUT2D eigenvalue weighted by atomic mass is 16.3. The van der Waals surface area contributed by atoms with Crippen LogP contribution in [0.5, 0.6) is 0 Å². The molecule has 0 aromatic heterocycles. The van der Waals surface area contributed by atoms with Crippen LogP contribution in [0.3, 0.4) is 0 Å². The highest BCUT2D eigenvalue weighted by Gasteiger charge is 2.22. The zero-order valence-corrected chi connectivity index (χ0v) is 15.3. The smallest absolute Gasteiger partial charge is 0.218 e. The number of rotatable bonds is 11. The molecular formula is C20H33NO3. The molecule has 0 spiro atoms. The van der Waals surface area contributed by atoms with E-state index in [1.54, 1.807) is 0 Å². The van der Waals surface area contributed by atoms with E-state index in [0.717, 1.165) is 18.4 Å². The Kier molecular flexibility index (Phi) is 9.65. The number of carbonyl (C=O) groups is 1. The van der Waals surface area contributed by atoms with Crippen LogP contribution in [-0.2, 0) is 11.2 Å². The molecule has 0 saturated carbocycles. The van der Waals surface area contributed by atoms with Crippen LogP contribution in [0.1, 0.15) is 69.9 Å². The largest absolute Gasteiger partial charge is 0.396 e. The van der Waals surface area contributed by atoms with E-state index in [1.807, 2.05) is 6.07 Å². The van der Waals surface area contributed by atoms with E-state index in [9.17, 15) is 15.0 Å². The number of hydrogen-bond donors (Lipinski definition) is 3. The summed E-state index contributed by atoms with van der Waals surface area (Å²) in [6.07, 6.45) is 5.37. The number of nitrogens with one attached hydrogen (secondary N) is 1. The molecule has 0 aliphatic carbocycles. The van der Waals surface area contributed by atoms with Crippen LogP contribution >= 0.6 is 0 Å². The fourth-order valence-corrected chi connectivity index (χ4v) is 3.26. The molecule has 1 amide bonds. The summed E-state index contributed by atoms with van der Waals surface area (Å²) < 4.78 is 0. The first kappa shape index (κ1) is 20.7. The standard InChI is InChI=1S/C20H33NO3/c1-4-6-10-16(9-5-2)19-12-8-7-11-17(19)13-18(14-22)20(24)21-15(3)23/h7-8,11-12,16,18,20,22,24H,4-6,9-10,13-14H2,1-3H3,(H,21,23). The van der Waals surface area contributed by atoms with Crippen LogP contribution in [-0.4, -0.2) is 29.0 Å². The molecule has 1 aromatic rings. The van der Waals surface area contributed by atoms with Gasteiger partial charge < -0.3 is 15.5 Å². The normalized spacial score (nSPS) is 14.9. The second kappa shape index (κ2) is 11.2. The van der Waals surface area contributed by atoms with Gasteiger partial charge in [-0.1, -0.05) is 57.4 Å². The van der Waals surface area contributed by atoms with E-state index in [0.29, 0.717) is 12.3 Å². The SMILES string of the molecule is CCCCC(CCC)c1ccccc1CC(CO)C(O)NC(C)=O. The molecule has 0 heterocycles. The Morgan fingerprint density at radius 3 is 2.46 bits per heavy atom. The molecule has 1 aromatic carbocycles. The summed E-state index contributed by atoms with van der Waals surface area (Å²) in [4.78, 5) is 11.2. The lowest BCUT2D eigenvalue weighted by atomic mass is 9.84. The predicted octanol–water partition coefficient (Wildman–Crippen LogP) is 3.37. The summed E-state index contributed by atoms with van der Waals surface area (Å²) in [6, 6.07) is 8.31. The fourth-order valence-electron chi connectivity index (χ4n) is 3.26. The molecule has 0 aliphatic heterocycles. The molecule has 1 rings (SSSR count). The molecular weight excluding hydrogens is 302 g/mol. The summed E-state index contributed by atoms with van der Waals surface area (Å²) in [6.45, 7) is 5.62. The third kappa shape index (κ3) is 6.62. The molecule has 3 unspecified atom stereocenters. The van der Waals surface area contributed by atoms with Crippen molar-refractivity contribution in [2.75, 3.05) is 6.61 Å². The van der Waals surface area contributed by atoms with Crippen LogP contribution in [0.2, 0.25) is 0 Å². The van der Waals surface area contributed by atoms with Gasteiger partial charge in [-0.2, -0.15) is 0 Å². The van der Waals surface area contributed by atoms with Crippen molar-refractivity contribution >= 4 is 5.91 Å². The Hall–Kier alpha value is -1.39. The van der Waals surface area contributed by atoms with Crippen LogP contribution in [0.15, 0.2) is 24.3 Å². The van der Waals surface area contributed by atoms with Crippen molar-refractivity contribution in [1.29, 1.82) is 0 Å². The summed E-state index contributed by atoms with van der Waals surface area (Å²) in [7, 11) is 0. The Bertz CT molecular complexity index is 490. The summed E-state index contributed by atoms with van der Waals surface area (Å²) in [5, 5.41) is 22.2. The molecule has 0 aliphatic rings. The van der Waals surface area contributed by atoms with Crippen molar-refractivity contribution < 1.29 is 15.0 Å². The first-order valence-corrected chi connectivity index (χ1v) is 9.17. The fraction of sp³-hybridized carbons (Fsp3) is 0.650. The number of amides is 1. The minimum absolute atomic E-state index is 0.164. The van der Waals surface area contributed by atoms with E-state index in [1.165, 1.54) is 31.7 Å². The quantitative estimate of drug-likeness (QED) is 0.543. The van der Waals surface area contributed by atoms with Gasteiger partial charge in [0.25, 0.3) is 0 Å². The first-order valence-electron chi connectivity index (χ1n) is 9.17. The maximum atomic E-state index is 11.2. The average molecular weight is 335 g/mol. The van der Waals surface area contributed by atoms with E-state index in [2.05, 4.69) is 37.4 Å². The maximum absolute atomic E-state index is 11.2. The molecule has 0 saturated heterocycles. The van der Waals surface area contributed by atoms with Crippen LogP contribution in [0.4, 0.5) is 0 Å². The van der Waals surface area contributed by atoms with Gasteiger partial charge in [0.1, 0.15) is 6.23 Å². The van der Waals surface area contributed by atoms with Crippen molar-refractivity contribution in [2.24, 2.45) is 5.92 Å². The summed E-state index contributed by atoms with van der Waals surface area (Å²) in [5.74, 6) is -0.173. The molecule has 0 radical (unpaired) electrons. The summed E-state index contributed by atoms with van der Waals surface area (Å²) in [5.41, 5.74) is 2.48. The van der Waals surface area contributed by atoms with E-state index in [-0.39, 0.29) is 12.5 Å². The van der Waals surface area contributed by atoms with Crippen LogP contribution < -0.4 is 5.32 Å². The second-order valence-corrected chi connectivity index (χ2v) is 6.62. The lowest BCUT2D eigenvalue weighted by molar-refractivity contribution is -0.123. The maximum Gasteiger partial charge on any atom is 0.218 e. The number of unbranched alkanes of at least 4 members (excludes halogenated alkanes) is 1. The highest BCUT2D eigenvalue weighted by molar-refractivity contribution is 5.73. The zero-order valence-electron chi connectivity index (χ0n) is 15.3. The molecule has 136 valence electrons. The minimum atomic E-state index is -1.03. The van der Waals surface area contributed by atoms with Crippen molar-refractivity contribution in [1.82, 2.24) is 5.32 Å². The number of carbonyl (C=O) groups excluding carboxylic acids is 1. The molecule has 4 heteroatoms. The molecule has 3 atom stereocenters. The number of benzene rings is 1. The van der Waals surface area contributed by atoms with Crippen LogP contribution in [0, 0.1) is 5.92 Å². The molecule has 24 heavy (non-hydrogen) atoms. The second-order valence-electron chi connectivity index (χ2n) is 6.62. The predicted molar refractivity (Wildman–Crippen MR) is 97.7 cm³/mol. The third-order valence-corrected chi connectivity index (χ3v) is 4.55. The Balaban J connectivity index is 2.95. The van der Waals surface area contributed by atoms with Gasteiger partial charge in [0.2, 0.25) is 5.91 Å². The van der Waals surface area contributed by atoms with E-state index < -0.39 is 12.1 Å². The molecule has 4 nitrogen and oxygen atoms in total. The first-order chi connectivity index (χ1) is 11.5. The molecule has 0 fully saturated rings. The van der Waals surface area contributed by atoms with Gasteiger partial charge in [-0.05, 0) is 36.3 Å². The lowest BCUT2D eigenvalue weighted by Crippen LogP contribution is -2.41. The third-order valence-electron chi connectivity index (χ3n) is 4.55. The van der Waals surface area contributed by atoms with E-state index >= 15 is 0 Å².